The number of hydrogen-bond acceptors (Lipinski definition) is 3. The third kappa shape index (κ3) is 2.61. The standard InChI is InChI=1S/C14H17ClN2O2/c1-16-12-7-17(8-13(12)19-9-14(16)18)6-10-2-4-11(15)5-3-10/h2-5,12-13H,6-9H2,1H3/t12-,13+/m1/s1. The van der Waals surface area contributed by atoms with Crippen LogP contribution in [-0.2, 0) is 16.1 Å². The molecule has 19 heavy (non-hydrogen) atoms. The van der Waals surface area contributed by atoms with Crippen molar-refractivity contribution >= 4 is 17.5 Å². The van der Waals surface area contributed by atoms with E-state index in [4.69, 9.17) is 16.3 Å². The van der Waals surface area contributed by atoms with Gasteiger partial charge in [0.05, 0.1) is 12.1 Å². The van der Waals surface area contributed by atoms with Gasteiger partial charge in [-0.2, -0.15) is 0 Å². The second kappa shape index (κ2) is 5.12. The zero-order valence-electron chi connectivity index (χ0n) is 10.9. The SMILES string of the molecule is CN1C(=O)CO[C@H]2CN(Cc3ccc(Cl)cc3)C[C@H]21. The molecule has 2 fully saturated rings. The fourth-order valence-corrected chi connectivity index (χ4v) is 2.94. The first-order chi connectivity index (χ1) is 9.13. The van der Waals surface area contributed by atoms with Crippen LogP contribution in [0.15, 0.2) is 24.3 Å². The van der Waals surface area contributed by atoms with Crippen LogP contribution >= 0.6 is 11.6 Å². The van der Waals surface area contributed by atoms with E-state index in [-0.39, 0.29) is 24.7 Å². The Morgan fingerprint density at radius 1 is 1.32 bits per heavy atom. The summed E-state index contributed by atoms with van der Waals surface area (Å²) >= 11 is 5.89. The van der Waals surface area contributed by atoms with Crippen LogP contribution in [0.3, 0.4) is 0 Å². The number of benzene rings is 1. The number of fused-ring (bicyclic) bond motifs is 1. The molecule has 5 heteroatoms. The van der Waals surface area contributed by atoms with Crippen LogP contribution in [0.1, 0.15) is 5.56 Å². The summed E-state index contributed by atoms with van der Waals surface area (Å²) in [5.74, 6) is 0.0783. The van der Waals surface area contributed by atoms with Crippen molar-refractivity contribution in [1.82, 2.24) is 9.80 Å². The van der Waals surface area contributed by atoms with Gasteiger partial charge in [-0.3, -0.25) is 9.69 Å². The highest BCUT2D eigenvalue weighted by molar-refractivity contribution is 6.30. The summed E-state index contributed by atoms with van der Waals surface area (Å²) in [5, 5.41) is 0.757. The van der Waals surface area contributed by atoms with Crippen LogP contribution in [0.25, 0.3) is 0 Å². The first-order valence-corrected chi connectivity index (χ1v) is 6.85. The van der Waals surface area contributed by atoms with E-state index in [9.17, 15) is 4.79 Å². The van der Waals surface area contributed by atoms with Crippen molar-refractivity contribution in [2.45, 2.75) is 18.7 Å². The lowest BCUT2D eigenvalue weighted by Crippen LogP contribution is -2.51. The van der Waals surface area contributed by atoms with Crippen molar-refractivity contribution in [3.8, 4) is 0 Å². The Morgan fingerprint density at radius 2 is 2.05 bits per heavy atom. The summed E-state index contributed by atoms with van der Waals surface area (Å²) in [6, 6.07) is 8.09. The fourth-order valence-electron chi connectivity index (χ4n) is 2.81. The highest BCUT2D eigenvalue weighted by atomic mass is 35.5. The maximum atomic E-state index is 11.6. The molecule has 0 unspecified atom stereocenters. The van der Waals surface area contributed by atoms with Crippen LogP contribution in [0.4, 0.5) is 0 Å². The Balaban J connectivity index is 1.65. The summed E-state index contributed by atoms with van der Waals surface area (Å²) < 4.78 is 5.62. The van der Waals surface area contributed by atoms with Gasteiger partial charge in [0.25, 0.3) is 0 Å². The number of amides is 1. The number of carbonyl (C=O) groups is 1. The van der Waals surface area contributed by atoms with E-state index in [1.54, 1.807) is 0 Å². The van der Waals surface area contributed by atoms with E-state index < -0.39 is 0 Å². The normalized spacial score (nSPS) is 27.7. The quantitative estimate of drug-likeness (QED) is 0.821. The van der Waals surface area contributed by atoms with Gasteiger partial charge in [-0.05, 0) is 17.7 Å². The van der Waals surface area contributed by atoms with Gasteiger partial charge in [-0.25, -0.2) is 0 Å². The summed E-state index contributed by atoms with van der Waals surface area (Å²) in [4.78, 5) is 15.8. The number of ether oxygens (including phenoxy) is 1. The van der Waals surface area contributed by atoms with Crippen LogP contribution in [0, 0.1) is 0 Å². The highest BCUT2D eigenvalue weighted by Gasteiger charge is 2.41. The average molecular weight is 281 g/mol. The molecule has 0 aliphatic carbocycles. The lowest BCUT2D eigenvalue weighted by Gasteiger charge is -2.33. The molecule has 0 N–H and O–H groups in total. The van der Waals surface area contributed by atoms with E-state index >= 15 is 0 Å². The van der Waals surface area contributed by atoms with Crippen molar-refractivity contribution in [1.29, 1.82) is 0 Å². The van der Waals surface area contributed by atoms with Crippen LogP contribution in [0.2, 0.25) is 5.02 Å². The third-order valence-corrected chi connectivity index (χ3v) is 4.20. The van der Waals surface area contributed by atoms with Crippen molar-refractivity contribution in [2.75, 3.05) is 26.7 Å². The predicted octanol–water partition coefficient (Wildman–Crippen LogP) is 1.38. The van der Waals surface area contributed by atoms with Gasteiger partial charge in [0, 0.05) is 31.7 Å². The number of hydrogen-bond donors (Lipinski definition) is 0. The molecule has 1 aromatic carbocycles. The molecule has 0 spiro atoms. The van der Waals surface area contributed by atoms with Gasteiger partial charge < -0.3 is 9.64 Å². The number of carbonyl (C=O) groups excluding carboxylic acids is 1. The molecule has 0 radical (unpaired) electrons. The molecule has 2 atom stereocenters. The molecule has 0 saturated carbocycles. The van der Waals surface area contributed by atoms with Crippen LogP contribution in [0.5, 0.6) is 0 Å². The minimum absolute atomic E-state index is 0.0783. The number of nitrogens with zero attached hydrogens (tertiary/aromatic N) is 2. The summed E-state index contributed by atoms with van der Waals surface area (Å²) in [5.41, 5.74) is 1.23. The first-order valence-electron chi connectivity index (χ1n) is 6.47. The lowest BCUT2D eigenvalue weighted by atomic mass is 10.1. The molecule has 4 nitrogen and oxygen atoms in total. The largest absolute Gasteiger partial charge is 0.365 e. The molecule has 1 aromatic rings. The van der Waals surface area contributed by atoms with E-state index in [0.29, 0.717) is 0 Å². The summed E-state index contributed by atoms with van der Waals surface area (Å²) in [7, 11) is 1.87. The molecule has 0 bridgehead atoms. The number of likely N-dealkylation sites (tertiary alicyclic amines) is 1. The monoisotopic (exact) mass is 280 g/mol. The summed E-state index contributed by atoms with van der Waals surface area (Å²) in [6.07, 6.45) is 0.148. The molecule has 2 heterocycles. The predicted molar refractivity (Wildman–Crippen MR) is 73.0 cm³/mol. The Morgan fingerprint density at radius 3 is 2.79 bits per heavy atom. The molecule has 102 valence electrons. The van der Waals surface area contributed by atoms with Gasteiger partial charge in [0.15, 0.2) is 0 Å². The molecule has 2 aliphatic rings. The van der Waals surface area contributed by atoms with E-state index in [2.05, 4.69) is 4.90 Å². The molecular weight excluding hydrogens is 264 g/mol. The minimum atomic E-state index is 0.0783. The van der Waals surface area contributed by atoms with Crippen LogP contribution < -0.4 is 0 Å². The Bertz CT molecular complexity index is 477. The molecule has 0 aromatic heterocycles. The highest BCUT2D eigenvalue weighted by Crippen LogP contribution is 2.24. The smallest absolute Gasteiger partial charge is 0.248 e. The van der Waals surface area contributed by atoms with Gasteiger partial charge in [-0.15, -0.1) is 0 Å². The fraction of sp³-hybridized carbons (Fsp3) is 0.500. The lowest BCUT2D eigenvalue weighted by molar-refractivity contribution is -0.150. The van der Waals surface area contributed by atoms with Crippen LogP contribution in [-0.4, -0.2) is 54.6 Å². The number of likely N-dealkylation sites (N-methyl/N-ethyl adjacent to an activating group) is 1. The van der Waals surface area contributed by atoms with E-state index in [0.717, 1.165) is 24.7 Å². The Hall–Kier alpha value is -1.10. The van der Waals surface area contributed by atoms with Crippen molar-refractivity contribution < 1.29 is 9.53 Å². The Labute approximate surface area is 117 Å². The van der Waals surface area contributed by atoms with Gasteiger partial charge in [-0.1, -0.05) is 23.7 Å². The van der Waals surface area contributed by atoms with Gasteiger partial charge in [0.2, 0.25) is 5.91 Å². The maximum Gasteiger partial charge on any atom is 0.248 e. The van der Waals surface area contributed by atoms with Gasteiger partial charge >= 0.3 is 0 Å². The topological polar surface area (TPSA) is 32.8 Å². The number of rotatable bonds is 2. The molecule has 3 rings (SSSR count). The van der Waals surface area contributed by atoms with Crippen molar-refractivity contribution in [3.05, 3.63) is 34.9 Å². The summed E-state index contributed by atoms with van der Waals surface area (Å²) in [6.45, 7) is 2.84. The first kappa shape index (κ1) is 12.9. The van der Waals surface area contributed by atoms with E-state index in [1.165, 1.54) is 5.56 Å². The zero-order valence-corrected chi connectivity index (χ0v) is 11.6. The third-order valence-electron chi connectivity index (χ3n) is 3.94. The molecular formula is C14H17ClN2O2. The molecule has 2 aliphatic heterocycles. The number of halogens is 1. The second-order valence-corrected chi connectivity index (χ2v) is 5.68. The maximum absolute atomic E-state index is 11.6. The zero-order chi connectivity index (χ0) is 13.4. The van der Waals surface area contributed by atoms with Gasteiger partial charge in [0.1, 0.15) is 6.61 Å². The molecule has 2 saturated heterocycles. The Kier molecular flexibility index (Phi) is 3.48. The minimum Gasteiger partial charge on any atom is -0.365 e. The average Bonchev–Trinajstić information content (AvgIpc) is 2.80. The molecule has 1 amide bonds. The van der Waals surface area contributed by atoms with Crippen molar-refractivity contribution in [3.63, 3.8) is 0 Å². The van der Waals surface area contributed by atoms with E-state index in [1.807, 2.05) is 36.2 Å². The second-order valence-electron chi connectivity index (χ2n) is 5.24. The van der Waals surface area contributed by atoms with Crippen molar-refractivity contribution in [2.24, 2.45) is 0 Å². The number of morpholine rings is 1.